The Morgan fingerprint density at radius 1 is 1.33 bits per heavy atom. The fourth-order valence-electron chi connectivity index (χ4n) is 2.26. The van der Waals surface area contributed by atoms with Crippen molar-refractivity contribution in [3.8, 4) is 17.0 Å². The molecule has 0 bridgehead atoms. The molecule has 0 aliphatic carbocycles. The van der Waals surface area contributed by atoms with Gasteiger partial charge in [0.05, 0.1) is 12.8 Å². The van der Waals surface area contributed by atoms with Crippen molar-refractivity contribution >= 4 is 5.91 Å². The Balaban J connectivity index is 1.59. The van der Waals surface area contributed by atoms with Gasteiger partial charge in [0.1, 0.15) is 23.6 Å². The number of nitrogens with zero attached hydrogens (tertiary/aromatic N) is 4. The largest absolute Gasteiger partial charge is 0.497 e. The molecule has 0 aliphatic rings. The average Bonchev–Trinajstić information content (AvgIpc) is 3.25. The molecule has 0 atom stereocenters. The number of hydrogen-bond acceptors (Lipinski definition) is 5. The number of amides is 1. The molecule has 8 nitrogen and oxygen atoms in total. The van der Waals surface area contributed by atoms with Gasteiger partial charge in [-0.2, -0.15) is 5.10 Å². The van der Waals surface area contributed by atoms with Crippen LogP contribution in [0.1, 0.15) is 16.3 Å². The third kappa shape index (κ3) is 3.43. The van der Waals surface area contributed by atoms with Crippen molar-refractivity contribution in [3.63, 3.8) is 0 Å². The lowest BCUT2D eigenvalue weighted by atomic mass is 10.1. The number of ether oxygens (including phenoxy) is 1. The maximum atomic E-state index is 12.2. The zero-order chi connectivity index (χ0) is 16.9. The second-order valence-corrected chi connectivity index (χ2v) is 5.26. The smallest absolute Gasteiger partial charge is 0.269 e. The SMILES string of the molecule is COc1ccc(-c2cc(C(=O)NCCc3nncn3C)[nH]n2)cc1. The first-order chi connectivity index (χ1) is 11.7. The molecule has 1 amide bonds. The van der Waals surface area contributed by atoms with E-state index in [1.807, 2.05) is 35.9 Å². The maximum Gasteiger partial charge on any atom is 0.269 e. The highest BCUT2D eigenvalue weighted by Gasteiger charge is 2.11. The summed E-state index contributed by atoms with van der Waals surface area (Å²) in [6.07, 6.45) is 2.24. The van der Waals surface area contributed by atoms with Crippen LogP contribution in [0.15, 0.2) is 36.7 Å². The van der Waals surface area contributed by atoms with Crippen molar-refractivity contribution in [2.75, 3.05) is 13.7 Å². The van der Waals surface area contributed by atoms with E-state index in [0.717, 1.165) is 17.1 Å². The van der Waals surface area contributed by atoms with Crippen molar-refractivity contribution in [2.45, 2.75) is 6.42 Å². The Bertz CT molecular complexity index is 821. The van der Waals surface area contributed by atoms with E-state index < -0.39 is 0 Å². The molecule has 0 fully saturated rings. The molecule has 8 heteroatoms. The van der Waals surface area contributed by atoms with Crippen LogP contribution in [-0.4, -0.2) is 44.5 Å². The molecule has 24 heavy (non-hydrogen) atoms. The molecular formula is C16H18N6O2. The van der Waals surface area contributed by atoms with Crippen LogP contribution in [0.5, 0.6) is 5.75 Å². The van der Waals surface area contributed by atoms with Gasteiger partial charge in [-0.25, -0.2) is 0 Å². The van der Waals surface area contributed by atoms with E-state index in [9.17, 15) is 4.79 Å². The Morgan fingerprint density at radius 3 is 2.79 bits per heavy atom. The number of aromatic amines is 1. The fraction of sp³-hybridized carbons (Fsp3) is 0.250. The van der Waals surface area contributed by atoms with Crippen LogP contribution in [0, 0.1) is 0 Å². The number of hydrogen-bond donors (Lipinski definition) is 2. The number of H-pyrrole nitrogens is 1. The van der Waals surface area contributed by atoms with Crippen molar-refractivity contribution in [2.24, 2.45) is 7.05 Å². The highest BCUT2D eigenvalue weighted by molar-refractivity contribution is 5.93. The number of aryl methyl sites for hydroxylation is 1. The van der Waals surface area contributed by atoms with Gasteiger partial charge < -0.3 is 14.6 Å². The number of methoxy groups -OCH3 is 1. The van der Waals surface area contributed by atoms with Crippen LogP contribution in [0.25, 0.3) is 11.3 Å². The molecule has 2 aromatic heterocycles. The Hall–Kier alpha value is -3.16. The summed E-state index contributed by atoms with van der Waals surface area (Å²) < 4.78 is 6.95. The van der Waals surface area contributed by atoms with Gasteiger partial charge in [-0.05, 0) is 30.3 Å². The molecule has 0 aliphatic heterocycles. The Kier molecular flexibility index (Phi) is 4.55. The molecule has 1 aromatic carbocycles. The molecule has 0 saturated carbocycles. The minimum atomic E-state index is -0.204. The summed E-state index contributed by atoms with van der Waals surface area (Å²) in [6, 6.07) is 9.21. The molecule has 124 valence electrons. The lowest BCUT2D eigenvalue weighted by Crippen LogP contribution is -2.26. The van der Waals surface area contributed by atoms with Gasteiger partial charge in [0.2, 0.25) is 0 Å². The number of carbonyl (C=O) groups is 1. The third-order valence-corrected chi connectivity index (χ3v) is 3.65. The van der Waals surface area contributed by atoms with Crippen molar-refractivity contribution in [1.29, 1.82) is 0 Å². The predicted molar refractivity (Wildman–Crippen MR) is 87.6 cm³/mol. The quantitative estimate of drug-likeness (QED) is 0.709. The topological polar surface area (TPSA) is 97.7 Å². The van der Waals surface area contributed by atoms with E-state index in [-0.39, 0.29) is 5.91 Å². The van der Waals surface area contributed by atoms with Crippen molar-refractivity contribution in [3.05, 3.63) is 48.2 Å². The van der Waals surface area contributed by atoms with Gasteiger partial charge in [-0.15, -0.1) is 10.2 Å². The van der Waals surface area contributed by atoms with E-state index in [0.29, 0.717) is 24.4 Å². The van der Waals surface area contributed by atoms with Gasteiger partial charge in [0, 0.05) is 25.6 Å². The molecule has 3 rings (SSSR count). The van der Waals surface area contributed by atoms with Crippen LogP contribution in [0.3, 0.4) is 0 Å². The first-order valence-electron chi connectivity index (χ1n) is 7.48. The van der Waals surface area contributed by atoms with E-state index in [4.69, 9.17) is 4.74 Å². The van der Waals surface area contributed by atoms with Gasteiger partial charge in [0.15, 0.2) is 0 Å². The Labute approximate surface area is 138 Å². The standard InChI is InChI=1S/C16H18N6O2/c1-22-10-18-21-15(22)7-8-17-16(23)14-9-13(19-20-14)11-3-5-12(24-2)6-4-11/h3-6,9-10H,7-8H2,1-2H3,(H,17,23)(H,19,20). The summed E-state index contributed by atoms with van der Waals surface area (Å²) >= 11 is 0. The van der Waals surface area contributed by atoms with Crippen LogP contribution >= 0.6 is 0 Å². The molecular weight excluding hydrogens is 308 g/mol. The number of nitrogens with one attached hydrogen (secondary N) is 2. The molecule has 0 unspecified atom stereocenters. The van der Waals surface area contributed by atoms with Gasteiger partial charge in [-0.3, -0.25) is 9.89 Å². The molecule has 0 spiro atoms. The monoisotopic (exact) mass is 326 g/mol. The zero-order valence-corrected chi connectivity index (χ0v) is 13.5. The molecule has 0 radical (unpaired) electrons. The highest BCUT2D eigenvalue weighted by atomic mass is 16.5. The first-order valence-corrected chi connectivity index (χ1v) is 7.48. The summed E-state index contributed by atoms with van der Waals surface area (Å²) in [5.41, 5.74) is 2.03. The number of carbonyl (C=O) groups excluding carboxylic acids is 1. The van der Waals surface area contributed by atoms with Gasteiger partial charge in [0.25, 0.3) is 5.91 Å². The number of aromatic nitrogens is 5. The average molecular weight is 326 g/mol. The van der Waals surface area contributed by atoms with Crippen LogP contribution < -0.4 is 10.1 Å². The maximum absolute atomic E-state index is 12.2. The normalized spacial score (nSPS) is 10.6. The summed E-state index contributed by atoms with van der Waals surface area (Å²) in [5.74, 6) is 1.39. The van der Waals surface area contributed by atoms with Crippen molar-refractivity contribution < 1.29 is 9.53 Å². The van der Waals surface area contributed by atoms with E-state index in [1.165, 1.54) is 0 Å². The summed E-state index contributed by atoms with van der Waals surface area (Å²) in [6.45, 7) is 0.474. The summed E-state index contributed by atoms with van der Waals surface area (Å²) in [4.78, 5) is 12.2. The van der Waals surface area contributed by atoms with E-state index in [1.54, 1.807) is 19.5 Å². The van der Waals surface area contributed by atoms with Crippen molar-refractivity contribution in [1.82, 2.24) is 30.3 Å². The zero-order valence-electron chi connectivity index (χ0n) is 13.5. The number of benzene rings is 1. The summed E-state index contributed by atoms with van der Waals surface area (Å²) in [5, 5.41) is 17.6. The summed E-state index contributed by atoms with van der Waals surface area (Å²) in [7, 11) is 3.49. The lowest BCUT2D eigenvalue weighted by molar-refractivity contribution is 0.0949. The molecule has 3 aromatic rings. The van der Waals surface area contributed by atoms with E-state index in [2.05, 4.69) is 25.7 Å². The predicted octanol–water partition coefficient (Wildman–Crippen LogP) is 1.19. The minimum absolute atomic E-state index is 0.204. The lowest BCUT2D eigenvalue weighted by Gasteiger charge is -2.03. The van der Waals surface area contributed by atoms with Gasteiger partial charge in [-0.1, -0.05) is 0 Å². The minimum Gasteiger partial charge on any atom is -0.497 e. The second-order valence-electron chi connectivity index (χ2n) is 5.26. The van der Waals surface area contributed by atoms with E-state index >= 15 is 0 Å². The second kappa shape index (κ2) is 6.95. The first kappa shape index (κ1) is 15.7. The Morgan fingerprint density at radius 2 is 2.12 bits per heavy atom. The van der Waals surface area contributed by atoms with Crippen LogP contribution in [-0.2, 0) is 13.5 Å². The molecule has 2 N–H and O–H groups in total. The third-order valence-electron chi connectivity index (χ3n) is 3.65. The van der Waals surface area contributed by atoms with Crippen LogP contribution in [0.4, 0.5) is 0 Å². The molecule has 2 heterocycles. The fourth-order valence-corrected chi connectivity index (χ4v) is 2.26. The van der Waals surface area contributed by atoms with Crippen LogP contribution in [0.2, 0.25) is 0 Å². The molecule has 0 saturated heterocycles. The number of rotatable bonds is 6. The van der Waals surface area contributed by atoms with Gasteiger partial charge >= 0.3 is 0 Å². The highest BCUT2D eigenvalue weighted by Crippen LogP contribution is 2.21.